The zero-order valence-electron chi connectivity index (χ0n) is 19.1. The molecule has 10 heteroatoms. The predicted octanol–water partition coefficient (Wildman–Crippen LogP) is 4.09. The lowest BCUT2D eigenvalue weighted by Crippen LogP contribution is -2.17. The van der Waals surface area contributed by atoms with Gasteiger partial charge in [0.15, 0.2) is 5.69 Å². The number of carbonyl (C=O) groups is 1. The average molecular weight is 452 g/mol. The fourth-order valence-corrected chi connectivity index (χ4v) is 3.59. The molecule has 0 aliphatic heterocycles. The SMILES string of the molecule is Cc1cc(C)n(Cn2nc(C)c(NC(=O)c3noc(C)c3COc3cccc(F)c3)c2C)n1. The Bertz CT molecular complexity index is 1320. The first kappa shape index (κ1) is 22.3. The van der Waals surface area contributed by atoms with Crippen molar-refractivity contribution in [2.45, 2.75) is 47.9 Å². The van der Waals surface area contributed by atoms with Crippen LogP contribution in [0.4, 0.5) is 10.1 Å². The molecule has 0 saturated heterocycles. The average Bonchev–Trinajstić information content (AvgIpc) is 3.37. The maximum absolute atomic E-state index is 13.4. The van der Waals surface area contributed by atoms with Crippen LogP contribution in [0, 0.1) is 40.4 Å². The fourth-order valence-electron chi connectivity index (χ4n) is 3.59. The van der Waals surface area contributed by atoms with Crippen LogP contribution >= 0.6 is 0 Å². The number of aromatic nitrogens is 5. The molecule has 9 nitrogen and oxygen atoms in total. The first-order chi connectivity index (χ1) is 15.7. The van der Waals surface area contributed by atoms with Gasteiger partial charge < -0.3 is 14.6 Å². The molecule has 0 aliphatic rings. The van der Waals surface area contributed by atoms with Crippen molar-refractivity contribution in [1.29, 1.82) is 0 Å². The summed E-state index contributed by atoms with van der Waals surface area (Å²) in [6.07, 6.45) is 0. The third-order valence-electron chi connectivity index (χ3n) is 5.37. The molecular formula is C23H25FN6O3. The molecule has 33 heavy (non-hydrogen) atoms. The Balaban J connectivity index is 1.52. The molecule has 0 unspecified atom stereocenters. The van der Waals surface area contributed by atoms with Gasteiger partial charge in [-0.2, -0.15) is 10.2 Å². The van der Waals surface area contributed by atoms with Crippen molar-refractivity contribution in [2.24, 2.45) is 0 Å². The number of amides is 1. The monoisotopic (exact) mass is 452 g/mol. The first-order valence-corrected chi connectivity index (χ1v) is 10.4. The minimum Gasteiger partial charge on any atom is -0.489 e. The van der Waals surface area contributed by atoms with Gasteiger partial charge in [0.1, 0.15) is 30.6 Å². The van der Waals surface area contributed by atoms with Crippen LogP contribution < -0.4 is 10.1 Å². The summed E-state index contributed by atoms with van der Waals surface area (Å²) in [6, 6.07) is 7.78. The van der Waals surface area contributed by atoms with Crippen molar-refractivity contribution in [1.82, 2.24) is 24.7 Å². The fraction of sp³-hybridized carbons (Fsp3) is 0.304. The molecule has 3 aromatic heterocycles. The lowest BCUT2D eigenvalue weighted by molar-refractivity contribution is 0.101. The van der Waals surface area contributed by atoms with Gasteiger partial charge in [0.25, 0.3) is 5.91 Å². The largest absolute Gasteiger partial charge is 0.489 e. The van der Waals surface area contributed by atoms with Crippen molar-refractivity contribution in [2.75, 3.05) is 5.32 Å². The summed E-state index contributed by atoms with van der Waals surface area (Å²) in [4.78, 5) is 13.0. The van der Waals surface area contributed by atoms with E-state index in [9.17, 15) is 9.18 Å². The van der Waals surface area contributed by atoms with Crippen molar-refractivity contribution in [3.8, 4) is 5.75 Å². The quantitative estimate of drug-likeness (QED) is 0.453. The van der Waals surface area contributed by atoms with E-state index in [1.165, 1.54) is 12.1 Å². The zero-order chi connectivity index (χ0) is 23.7. The van der Waals surface area contributed by atoms with Gasteiger partial charge >= 0.3 is 0 Å². The van der Waals surface area contributed by atoms with E-state index in [0.717, 1.165) is 17.1 Å². The molecule has 3 heterocycles. The molecule has 1 aromatic carbocycles. The third kappa shape index (κ3) is 4.64. The van der Waals surface area contributed by atoms with Crippen LogP contribution in [0.15, 0.2) is 34.9 Å². The van der Waals surface area contributed by atoms with Crippen LogP contribution in [0.5, 0.6) is 5.75 Å². The topological polar surface area (TPSA) is 100 Å². The number of ether oxygens (including phenoxy) is 1. The molecule has 0 fully saturated rings. The van der Waals surface area contributed by atoms with Crippen molar-refractivity contribution < 1.29 is 18.4 Å². The minimum absolute atomic E-state index is 0.0106. The van der Waals surface area contributed by atoms with E-state index in [0.29, 0.717) is 35.1 Å². The lowest BCUT2D eigenvalue weighted by atomic mass is 10.2. The lowest BCUT2D eigenvalue weighted by Gasteiger charge is -2.09. The van der Waals surface area contributed by atoms with Gasteiger partial charge in [0.05, 0.1) is 28.3 Å². The number of aryl methyl sites for hydroxylation is 4. The molecule has 172 valence electrons. The van der Waals surface area contributed by atoms with Crippen LogP contribution in [-0.4, -0.2) is 30.6 Å². The van der Waals surface area contributed by atoms with Crippen LogP contribution in [0.25, 0.3) is 0 Å². The third-order valence-corrected chi connectivity index (χ3v) is 5.37. The van der Waals surface area contributed by atoms with E-state index in [4.69, 9.17) is 9.26 Å². The number of hydrogen-bond acceptors (Lipinski definition) is 6. The van der Waals surface area contributed by atoms with Crippen molar-refractivity contribution in [3.05, 3.63) is 75.9 Å². The Morgan fingerprint density at radius 1 is 1.12 bits per heavy atom. The maximum Gasteiger partial charge on any atom is 0.278 e. The van der Waals surface area contributed by atoms with Crippen LogP contribution in [-0.2, 0) is 13.3 Å². The normalized spacial score (nSPS) is 11.1. The summed E-state index contributed by atoms with van der Waals surface area (Å²) < 4.78 is 27.9. The molecule has 0 radical (unpaired) electrons. The van der Waals surface area contributed by atoms with Gasteiger partial charge in [-0.1, -0.05) is 11.2 Å². The van der Waals surface area contributed by atoms with E-state index in [2.05, 4.69) is 20.7 Å². The smallest absolute Gasteiger partial charge is 0.278 e. The Morgan fingerprint density at radius 3 is 2.61 bits per heavy atom. The van der Waals surface area contributed by atoms with Gasteiger partial charge in [-0.25, -0.2) is 13.8 Å². The predicted molar refractivity (Wildman–Crippen MR) is 119 cm³/mol. The second-order valence-electron chi connectivity index (χ2n) is 7.88. The molecule has 0 aliphatic carbocycles. The minimum atomic E-state index is -0.443. The summed E-state index contributed by atoms with van der Waals surface area (Å²) in [5.41, 5.74) is 4.59. The summed E-state index contributed by atoms with van der Waals surface area (Å²) in [5, 5.41) is 15.8. The highest BCUT2D eigenvalue weighted by Gasteiger charge is 2.23. The Labute approximate surface area is 190 Å². The summed E-state index contributed by atoms with van der Waals surface area (Å²) >= 11 is 0. The highest BCUT2D eigenvalue weighted by Crippen LogP contribution is 2.23. The van der Waals surface area contributed by atoms with Gasteiger partial charge in [-0.15, -0.1) is 0 Å². The maximum atomic E-state index is 13.4. The number of hydrogen-bond donors (Lipinski definition) is 1. The van der Waals surface area contributed by atoms with E-state index >= 15 is 0 Å². The van der Waals surface area contributed by atoms with Crippen molar-refractivity contribution >= 4 is 11.6 Å². The number of rotatable bonds is 7. The number of benzene rings is 1. The Hall–Kier alpha value is -3.95. The summed E-state index contributed by atoms with van der Waals surface area (Å²) in [6.45, 7) is 9.75. The molecule has 4 rings (SSSR count). The van der Waals surface area contributed by atoms with E-state index in [1.54, 1.807) is 23.7 Å². The number of carbonyl (C=O) groups excluding carboxylic acids is 1. The van der Waals surface area contributed by atoms with Gasteiger partial charge in [-0.3, -0.25) is 4.79 Å². The zero-order valence-corrected chi connectivity index (χ0v) is 19.1. The molecule has 4 aromatic rings. The number of halogens is 1. The summed E-state index contributed by atoms with van der Waals surface area (Å²) in [5.74, 6) is -0.0539. The highest BCUT2D eigenvalue weighted by atomic mass is 19.1. The van der Waals surface area contributed by atoms with Crippen molar-refractivity contribution in [3.63, 3.8) is 0 Å². The first-order valence-electron chi connectivity index (χ1n) is 10.4. The van der Waals surface area contributed by atoms with Crippen LogP contribution in [0.3, 0.4) is 0 Å². The van der Waals surface area contributed by atoms with Crippen LogP contribution in [0.1, 0.15) is 44.6 Å². The standard InChI is InChI=1S/C23H25FN6O3/c1-13-9-14(2)29(26-13)12-30-16(4)21(15(3)27-30)25-23(31)22-20(17(5)33-28-22)11-32-19-8-6-7-18(24)10-19/h6-10H,11-12H2,1-5H3,(H,25,31). The summed E-state index contributed by atoms with van der Waals surface area (Å²) in [7, 11) is 0. The van der Waals surface area contributed by atoms with Crippen LogP contribution in [0.2, 0.25) is 0 Å². The Morgan fingerprint density at radius 2 is 1.91 bits per heavy atom. The van der Waals surface area contributed by atoms with E-state index in [1.807, 2.05) is 38.4 Å². The number of nitrogens with one attached hydrogen (secondary N) is 1. The molecule has 0 spiro atoms. The molecular weight excluding hydrogens is 427 g/mol. The molecule has 0 bridgehead atoms. The van der Waals surface area contributed by atoms with Gasteiger partial charge in [0, 0.05) is 11.8 Å². The second kappa shape index (κ2) is 8.89. The van der Waals surface area contributed by atoms with E-state index < -0.39 is 11.7 Å². The number of nitrogens with zero attached hydrogens (tertiary/aromatic N) is 5. The second-order valence-corrected chi connectivity index (χ2v) is 7.88. The molecule has 1 N–H and O–H groups in total. The highest BCUT2D eigenvalue weighted by molar-refractivity contribution is 6.04. The Kier molecular flexibility index (Phi) is 5.99. The van der Waals surface area contributed by atoms with Gasteiger partial charge in [-0.05, 0) is 52.8 Å². The van der Waals surface area contributed by atoms with Gasteiger partial charge in [0.2, 0.25) is 0 Å². The molecule has 0 atom stereocenters. The van der Waals surface area contributed by atoms with E-state index in [-0.39, 0.29) is 12.3 Å². The number of anilines is 1. The molecule has 1 amide bonds. The molecule has 0 saturated carbocycles.